The molecule has 4 rings (SSSR count). The zero-order chi connectivity index (χ0) is 19.7. The lowest BCUT2D eigenvalue weighted by Crippen LogP contribution is -2.34. The van der Waals surface area contributed by atoms with Crippen molar-refractivity contribution in [2.75, 3.05) is 26.7 Å². The minimum atomic E-state index is -0.656. The van der Waals surface area contributed by atoms with E-state index in [0.29, 0.717) is 30.4 Å². The summed E-state index contributed by atoms with van der Waals surface area (Å²) in [5, 5.41) is 20.5. The SMILES string of the molecule is COc1ccc(CC2(O)C[C@H]3CN(CC(=O)c4ccc(O)cc4)C[C@H]3C2)cc1. The van der Waals surface area contributed by atoms with Crippen LogP contribution in [0.2, 0.25) is 0 Å². The second-order valence-electron chi connectivity index (χ2n) is 8.34. The molecule has 1 unspecified atom stereocenters. The van der Waals surface area contributed by atoms with Crippen LogP contribution in [0.5, 0.6) is 11.5 Å². The maximum Gasteiger partial charge on any atom is 0.176 e. The van der Waals surface area contributed by atoms with Crippen molar-refractivity contribution in [1.29, 1.82) is 0 Å². The Morgan fingerprint density at radius 3 is 2.25 bits per heavy atom. The van der Waals surface area contributed by atoms with Gasteiger partial charge in [0.05, 0.1) is 19.3 Å². The highest BCUT2D eigenvalue weighted by atomic mass is 16.5. The minimum Gasteiger partial charge on any atom is -0.508 e. The van der Waals surface area contributed by atoms with Crippen LogP contribution in [0.1, 0.15) is 28.8 Å². The van der Waals surface area contributed by atoms with Gasteiger partial charge in [0.1, 0.15) is 11.5 Å². The van der Waals surface area contributed by atoms with Crippen molar-refractivity contribution in [2.24, 2.45) is 11.8 Å². The van der Waals surface area contributed by atoms with Crippen LogP contribution in [0, 0.1) is 11.8 Å². The monoisotopic (exact) mass is 381 g/mol. The fourth-order valence-corrected chi connectivity index (χ4v) is 4.90. The van der Waals surface area contributed by atoms with Gasteiger partial charge >= 0.3 is 0 Å². The van der Waals surface area contributed by atoms with E-state index in [1.54, 1.807) is 31.4 Å². The van der Waals surface area contributed by atoms with Gasteiger partial charge in [0.2, 0.25) is 0 Å². The quantitative estimate of drug-likeness (QED) is 0.753. The first-order chi connectivity index (χ1) is 13.4. The average molecular weight is 381 g/mol. The molecule has 3 atom stereocenters. The van der Waals surface area contributed by atoms with Crippen molar-refractivity contribution in [3.63, 3.8) is 0 Å². The molecule has 0 amide bonds. The standard InChI is InChI=1S/C23H27NO4/c1-28-21-8-2-16(3-9-21)10-23(27)11-18-13-24(14-19(18)12-23)15-22(26)17-4-6-20(25)7-5-17/h2-9,18-19,25,27H,10-15H2,1H3/t18-,19+,23?. The van der Waals surface area contributed by atoms with Crippen LogP contribution >= 0.6 is 0 Å². The van der Waals surface area contributed by atoms with Crippen molar-refractivity contribution in [1.82, 2.24) is 4.90 Å². The number of ether oxygens (including phenoxy) is 1. The van der Waals surface area contributed by atoms with Gasteiger partial charge in [-0.3, -0.25) is 9.69 Å². The summed E-state index contributed by atoms with van der Waals surface area (Å²) in [6.45, 7) is 2.12. The number of aromatic hydroxyl groups is 1. The number of likely N-dealkylation sites (tertiary alicyclic amines) is 1. The van der Waals surface area contributed by atoms with Gasteiger partial charge < -0.3 is 14.9 Å². The lowest BCUT2D eigenvalue weighted by Gasteiger charge is -2.26. The van der Waals surface area contributed by atoms with Crippen LogP contribution in [0.4, 0.5) is 0 Å². The summed E-state index contributed by atoms with van der Waals surface area (Å²) in [7, 11) is 1.65. The Morgan fingerprint density at radius 2 is 1.68 bits per heavy atom. The molecule has 5 heteroatoms. The fraction of sp³-hybridized carbons (Fsp3) is 0.435. The van der Waals surface area contributed by atoms with Gasteiger partial charge in [-0.25, -0.2) is 0 Å². The summed E-state index contributed by atoms with van der Waals surface area (Å²) in [5.74, 6) is 1.96. The van der Waals surface area contributed by atoms with Crippen molar-refractivity contribution in [3.05, 3.63) is 59.7 Å². The Morgan fingerprint density at radius 1 is 1.07 bits per heavy atom. The fourth-order valence-electron chi connectivity index (χ4n) is 4.90. The van der Waals surface area contributed by atoms with E-state index < -0.39 is 5.60 Å². The number of hydrogen-bond acceptors (Lipinski definition) is 5. The normalized spacial score (nSPS) is 26.9. The molecule has 0 radical (unpaired) electrons. The Hall–Kier alpha value is -2.37. The zero-order valence-corrected chi connectivity index (χ0v) is 16.2. The molecule has 2 N–H and O–H groups in total. The predicted molar refractivity (Wildman–Crippen MR) is 107 cm³/mol. The number of phenols is 1. The molecule has 148 valence electrons. The van der Waals surface area contributed by atoms with Crippen LogP contribution in [0.15, 0.2) is 48.5 Å². The number of aliphatic hydroxyl groups is 1. The van der Waals surface area contributed by atoms with E-state index in [0.717, 1.165) is 37.2 Å². The van der Waals surface area contributed by atoms with E-state index in [9.17, 15) is 15.0 Å². The van der Waals surface area contributed by atoms with Crippen LogP contribution in [-0.4, -0.2) is 53.2 Å². The van der Waals surface area contributed by atoms with Crippen LogP contribution in [0.25, 0.3) is 0 Å². The highest BCUT2D eigenvalue weighted by Gasteiger charge is 2.48. The van der Waals surface area contributed by atoms with Gasteiger partial charge in [-0.05, 0) is 66.6 Å². The molecule has 0 spiro atoms. The molecule has 1 heterocycles. The van der Waals surface area contributed by atoms with Gasteiger partial charge in [-0.1, -0.05) is 12.1 Å². The Kier molecular flexibility index (Phi) is 5.13. The third-order valence-corrected chi connectivity index (χ3v) is 6.19. The third kappa shape index (κ3) is 4.05. The highest BCUT2D eigenvalue weighted by molar-refractivity contribution is 5.97. The van der Waals surface area contributed by atoms with E-state index in [1.807, 2.05) is 24.3 Å². The van der Waals surface area contributed by atoms with Crippen molar-refractivity contribution in [3.8, 4) is 11.5 Å². The van der Waals surface area contributed by atoms with Gasteiger partial charge in [0, 0.05) is 25.1 Å². The summed E-state index contributed by atoms with van der Waals surface area (Å²) >= 11 is 0. The second-order valence-corrected chi connectivity index (χ2v) is 8.34. The molecule has 1 saturated carbocycles. The number of carbonyl (C=O) groups excluding carboxylic acids is 1. The van der Waals surface area contributed by atoms with Crippen LogP contribution in [-0.2, 0) is 6.42 Å². The van der Waals surface area contributed by atoms with E-state index in [-0.39, 0.29) is 11.5 Å². The molecular formula is C23H27NO4. The van der Waals surface area contributed by atoms with E-state index in [2.05, 4.69) is 4.90 Å². The van der Waals surface area contributed by atoms with Crippen molar-refractivity contribution < 1.29 is 19.7 Å². The average Bonchev–Trinajstić information content (AvgIpc) is 3.16. The summed E-state index contributed by atoms with van der Waals surface area (Å²) in [5.41, 5.74) is 1.10. The van der Waals surface area contributed by atoms with Crippen molar-refractivity contribution >= 4 is 5.78 Å². The van der Waals surface area contributed by atoms with E-state index in [4.69, 9.17) is 4.74 Å². The van der Waals surface area contributed by atoms with E-state index >= 15 is 0 Å². The number of carbonyl (C=O) groups is 1. The maximum atomic E-state index is 12.5. The molecule has 5 nitrogen and oxygen atoms in total. The molecule has 2 aliphatic rings. The zero-order valence-electron chi connectivity index (χ0n) is 16.2. The number of methoxy groups -OCH3 is 1. The third-order valence-electron chi connectivity index (χ3n) is 6.19. The largest absolute Gasteiger partial charge is 0.508 e. The Labute approximate surface area is 165 Å². The Balaban J connectivity index is 1.32. The molecule has 0 bridgehead atoms. The summed E-state index contributed by atoms with van der Waals surface area (Å²) in [6, 6.07) is 14.3. The lowest BCUT2D eigenvalue weighted by atomic mass is 9.91. The number of ketones is 1. The maximum absolute atomic E-state index is 12.5. The molecule has 2 aromatic carbocycles. The Bertz CT molecular complexity index is 817. The van der Waals surface area contributed by atoms with Gasteiger partial charge in [0.25, 0.3) is 0 Å². The molecular weight excluding hydrogens is 354 g/mol. The number of phenolic OH excluding ortho intramolecular Hbond substituents is 1. The summed E-state index contributed by atoms with van der Waals surface area (Å²) in [4.78, 5) is 14.7. The molecule has 2 fully saturated rings. The number of rotatable bonds is 6. The highest BCUT2D eigenvalue weighted by Crippen LogP contribution is 2.45. The summed E-state index contributed by atoms with van der Waals surface area (Å²) < 4.78 is 5.20. The van der Waals surface area contributed by atoms with Crippen molar-refractivity contribution in [2.45, 2.75) is 24.9 Å². The van der Waals surface area contributed by atoms with Crippen LogP contribution in [0.3, 0.4) is 0 Å². The number of hydrogen-bond donors (Lipinski definition) is 2. The molecule has 28 heavy (non-hydrogen) atoms. The second kappa shape index (κ2) is 7.57. The smallest absolute Gasteiger partial charge is 0.176 e. The topological polar surface area (TPSA) is 70.0 Å². The lowest BCUT2D eigenvalue weighted by molar-refractivity contribution is 0.0355. The first kappa shape index (κ1) is 19.0. The van der Waals surface area contributed by atoms with Crippen LogP contribution < -0.4 is 4.74 Å². The predicted octanol–water partition coefficient (Wildman–Crippen LogP) is 2.90. The first-order valence-electron chi connectivity index (χ1n) is 9.84. The number of Topliss-reactive ketones (excluding diaryl/α,β-unsaturated/α-hetero) is 1. The number of nitrogens with zero attached hydrogens (tertiary/aromatic N) is 1. The molecule has 2 aromatic rings. The van der Waals surface area contributed by atoms with E-state index in [1.165, 1.54) is 0 Å². The number of fused-ring (bicyclic) bond motifs is 1. The molecule has 1 saturated heterocycles. The molecule has 0 aromatic heterocycles. The summed E-state index contributed by atoms with van der Waals surface area (Å²) in [6.07, 6.45) is 2.23. The minimum absolute atomic E-state index is 0.0773. The van der Waals surface area contributed by atoms with Gasteiger partial charge in [-0.2, -0.15) is 0 Å². The molecule has 1 aliphatic heterocycles. The van der Waals surface area contributed by atoms with Gasteiger partial charge in [-0.15, -0.1) is 0 Å². The first-order valence-corrected chi connectivity index (χ1v) is 9.84. The van der Waals surface area contributed by atoms with Gasteiger partial charge in [0.15, 0.2) is 5.78 Å². The number of benzene rings is 2. The molecule has 1 aliphatic carbocycles.